The van der Waals surface area contributed by atoms with Gasteiger partial charge in [-0.05, 0) is 24.5 Å². The Kier molecular flexibility index (Phi) is 4.61. The normalized spacial score (nSPS) is 10.4. The predicted molar refractivity (Wildman–Crippen MR) is 77.8 cm³/mol. The number of benzene rings is 1. The van der Waals surface area contributed by atoms with Crippen molar-refractivity contribution in [2.24, 2.45) is 0 Å². The SMILES string of the molecule is Cc1cn(CCOc2ccc(B(O)O)cc2)c(=O)[nH]c1=O. The summed E-state index contributed by atoms with van der Waals surface area (Å²) in [5, 5.41) is 17.9. The molecule has 2 rings (SSSR count). The molecule has 0 fully saturated rings. The van der Waals surface area contributed by atoms with E-state index in [9.17, 15) is 9.59 Å². The van der Waals surface area contributed by atoms with E-state index in [4.69, 9.17) is 14.8 Å². The average molecular weight is 290 g/mol. The van der Waals surface area contributed by atoms with Gasteiger partial charge in [0.15, 0.2) is 0 Å². The number of aromatic amines is 1. The van der Waals surface area contributed by atoms with Gasteiger partial charge in [0.2, 0.25) is 0 Å². The summed E-state index contributed by atoms with van der Waals surface area (Å²) >= 11 is 0. The minimum absolute atomic E-state index is 0.242. The van der Waals surface area contributed by atoms with Crippen LogP contribution in [-0.2, 0) is 6.54 Å². The van der Waals surface area contributed by atoms with Crippen LogP contribution in [0.3, 0.4) is 0 Å². The highest BCUT2D eigenvalue weighted by atomic mass is 16.5. The first-order valence-electron chi connectivity index (χ1n) is 6.36. The molecule has 0 saturated carbocycles. The molecule has 1 aromatic carbocycles. The quantitative estimate of drug-likeness (QED) is 0.588. The number of aryl methyl sites for hydroxylation is 1. The van der Waals surface area contributed by atoms with Crippen molar-refractivity contribution < 1.29 is 14.8 Å². The fraction of sp³-hybridized carbons (Fsp3) is 0.231. The molecule has 0 aliphatic carbocycles. The van der Waals surface area contributed by atoms with E-state index in [1.807, 2.05) is 0 Å². The van der Waals surface area contributed by atoms with E-state index in [-0.39, 0.29) is 6.61 Å². The number of ether oxygens (including phenoxy) is 1. The largest absolute Gasteiger partial charge is 0.492 e. The monoisotopic (exact) mass is 290 g/mol. The van der Waals surface area contributed by atoms with Crippen molar-refractivity contribution in [2.45, 2.75) is 13.5 Å². The second-order valence-electron chi connectivity index (χ2n) is 4.56. The van der Waals surface area contributed by atoms with Gasteiger partial charge in [-0.15, -0.1) is 0 Å². The van der Waals surface area contributed by atoms with Crippen LogP contribution in [0.4, 0.5) is 0 Å². The molecule has 2 aromatic rings. The summed E-state index contributed by atoms with van der Waals surface area (Å²) in [4.78, 5) is 25.0. The summed E-state index contributed by atoms with van der Waals surface area (Å²) in [6.45, 7) is 2.15. The second-order valence-corrected chi connectivity index (χ2v) is 4.56. The Labute approximate surface area is 120 Å². The van der Waals surface area contributed by atoms with Crippen LogP contribution in [0.25, 0.3) is 0 Å². The number of nitrogens with one attached hydrogen (secondary N) is 1. The van der Waals surface area contributed by atoms with Crippen LogP contribution in [-0.4, -0.2) is 33.3 Å². The van der Waals surface area contributed by atoms with Gasteiger partial charge in [-0.1, -0.05) is 12.1 Å². The Morgan fingerprint density at radius 1 is 1.24 bits per heavy atom. The van der Waals surface area contributed by atoms with Crippen molar-refractivity contribution >= 4 is 12.6 Å². The Bertz CT molecular complexity index is 721. The molecule has 1 heterocycles. The van der Waals surface area contributed by atoms with E-state index in [1.54, 1.807) is 19.1 Å². The molecule has 8 heteroatoms. The summed E-state index contributed by atoms with van der Waals surface area (Å²) < 4.78 is 6.82. The zero-order chi connectivity index (χ0) is 15.4. The van der Waals surface area contributed by atoms with Crippen LogP contribution < -0.4 is 21.4 Å². The molecule has 0 amide bonds. The van der Waals surface area contributed by atoms with Crippen LogP contribution in [0.15, 0.2) is 40.1 Å². The van der Waals surface area contributed by atoms with Crippen molar-refractivity contribution in [2.75, 3.05) is 6.61 Å². The van der Waals surface area contributed by atoms with Crippen LogP contribution in [0.2, 0.25) is 0 Å². The summed E-state index contributed by atoms with van der Waals surface area (Å²) in [6.07, 6.45) is 1.48. The number of hydrogen-bond donors (Lipinski definition) is 3. The standard InChI is InChI=1S/C13H15BN2O5/c1-9-8-16(13(18)15-12(9)17)6-7-21-11-4-2-10(3-5-11)14(19)20/h2-5,8,19-20H,6-7H2,1H3,(H,15,17,18). The van der Waals surface area contributed by atoms with Gasteiger partial charge in [0.05, 0.1) is 6.54 Å². The molecule has 0 aliphatic heterocycles. The molecule has 0 bridgehead atoms. The molecule has 0 aliphatic rings. The maximum atomic E-state index is 11.6. The molecule has 0 unspecified atom stereocenters. The molecule has 0 saturated heterocycles. The van der Waals surface area contributed by atoms with E-state index in [1.165, 1.54) is 22.9 Å². The number of nitrogens with zero attached hydrogens (tertiary/aromatic N) is 1. The molecule has 0 atom stereocenters. The van der Waals surface area contributed by atoms with E-state index in [2.05, 4.69) is 4.98 Å². The molecule has 0 spiro atoms. The highest BCUT2D eigenvalue weighted by Gasteiger charge is 2.09. The van der Waals surface area contributed by atoms with Crippen molar-refractivity contribution in [1.29, 1.82) is 0 Å². The average Bonchev–Trinajstić information content (AvgIpc) is 2.45. The van der Waals surface area contributed by atoms with E-state index < -0.39 is 18.4 Å². The third-order valence-electron chi connectivity index (χ3n) is 2.97. The van der Waals surface area contributed by atoms with Gasteiger partial charge in [-0.3, -0.25) is 14.3 Å². The maximum absolute atomic E-state index is 11.6. The fourth-order valence-corrected chi connectivity index (χ4v) is 1.78. The van der Waals surface area contributed by atoms with Gasteiger partial charge < -0.3 is 14.8 Å². The first-order valence-corrected chi connectivity index (χ1v) is 6.36. The van der Waals surface area contributed by atoms with Gasteiger partial charge in [0.1, 0.15) is 12.4 Å². The van der Waals surface area contributed by atoms with Gasteiger partial charge in [-0.25, -0.2) is 4.79 Å². The summed E-state index contributed by atoms with van der Waals surface area (Å²) in [5.74, 6) is 0.550. The van der Waals surface area contributed by atoms with Gasteiger partial charge in [0.25, 0.3) is 5.56 Å². The van der Waals surface area contributed by atoms with Gasteiger partial charge in [-0.2, -0.15) is 0 Å². The van der Waals surface area contributed by atoms with E-state index in [0.29, 0.717) is 23.3 Å². The Hall–Kier alpha value is -2.32. The fourth-order valence-electron chi connectivity index (χ4n) is 1.78. The highest BCUT2D eigenvalue weighted by Crippen LogP contribution is 2.07. The first-order chi connectivity index (χ1) is 9.97. The molecule has 110 valence electrons. The van der Waals surface area contributed by atoms with Gasteiger partial charge >= 0.3 is 12.8 Å². The second kappa shape index (κ2) is 6.42. The smallest absolute Gasteiger partial charge is 0.488 e. The highest BCUT2D eigenvalue weighted by molar-refractivity contribution is 6.58. The van der Waals surface area contributed by atoms with Crippen molar-refractivity contribution in [1.82, 2.24) is 9.55 Å². The minimum atomic E-state index is -1.51. The Balaban J connectivity index is 1.97. The molecule has 3 N–H and O–H groups in total. The summed E-state index contributed by atoms with van der Waals surface area (Å²) in [7, 11) is -1.51. The summed E-state index contributed by atoms with van der Waals surface area (Å²) in [5.41, 5.74) is -0.0472. The lowest BCUT2D eigenvalue weighted by atomic mass is 9.80. The van der Waals surface area contributed by atoms with E-state index in [0.717, 1.165) is 0 Å². The van der Waals surface area contributed by atoms with E-state index >= 15 is 0 Å². The third kappa shape index (κ3) is 3.83. The Morgan fingerprint density at radius 2 is 1.90 bits per heavy atom. The predicted octanol–water partition coefficient (Wildman–Crippen LogP) is -1.40. The zero-order valence-corrected chi connectivity index (χ0v) is 11.4. The number of hydrogen-bond acceptors (Lipinski definition) is 5. The number of rotatable bonds is 5. The minimum Gasteiger partial charge on any atom is -0.492 e. The molecular formula is C13H15BN2O5. The lowest BCUT2D eigenvalue weighted by Gasteiger charge is -2.09. The van der Waals surface area contributed by atoms with Crippen LogP contribution in [0, 0.1) is 6.92 Å². The molecule has 7 nitrogen and oxygen atoms in total. The maximum Gasteiger partial charge on any atom is 0.488 e. The van der Waals surface area contributed by atoms with Crippen LogP contribution >= 0.6 is 0 Å². The van der Waals surface area contributed by atoms with Crippen molar-refractivity contribution in [3.63, 3.8) is 0 Å². The lowest BCUT2D eigenvalue weighted by Crippen LogP contribution is -2.32. The van der Waals surface area contributed by atoms with Crippen LogP contribution in [0.5, 0.6) is 5.75 Å². The van der Waals surface area contributed by atoms with Crippen molar-refractivity contribution in [3.05, 3.63) is 56.9 Å². The van der Waals surface area contributed by atoms with Crippen molar-refractivity contribution in [3.8, 4) is 5.75 Å². The molecular weight excluding hydrogens is 275 g/mol. The topological polar surface area (TPSA) is 105 Å². The van der Waals surface area contributed by atoms with Crippen LogP contribution in [0.1, 0.15) is 5.56 Å². The number of H-pyrrole nitrogens is 1. The molecule has 1 aromatic heterocycles. The molecule has 0 radical (unpaired) electrons. The Morgan fingerprint density at radius 3 is 2.52 bits per heavy atom. The number of aromatic nitrogens is 2. The lowest BCUT2D eigenvalue weighted by molar-refractivity contribution is 0.295. The zero-order valence-electron chi connectivity index (χ0n) is 11.4. The summed E-state index contributed by atoms with van der Waals surface area (Å²) in [6, 6.07) is 6.29. The third-order valence-corrected chi connectivity index (χ3v) is 2.97. The first kappa shape index (κ1) is 15.1. The van der Waals surface area contributed by atoms with Gasteiger partial charge in [0, 0.05) is 11.8 Å². The molecule has 21 heavy (non-hydrogen) atoms.